The van der Waals surface area contributed by atoms with E-state index in [1.165, 1.54) is 12.1 Å². The van der Waals surface area contributed by atoms with Crippen LogP contribution in [-0.2, 0) is 0 Å². The molecule has 2 atom stereocenters. The zero-order valence-electron chi connectivity index (χ0n) is 14.8. The van der Waals surface area contributed by atoms with Gasteiger partial charge in [-0.1, -0.05) is 13.8 Å². The van der Waals surface area contributed by atoms with E-state index in [4.69, 9.17) is 5.26 Å². The van der Waals surface area contributed by atoms with E-state index >= 15 is 0 Å². The minimum atomic E-state index is -0.543. The molecule has 134 valence electrons. The Balaban J connectivity index is 1.58. The minimum Gasteiger partial charge on any atom is -0.339 e. The maximum absolute atomic E-state index is 13.6. The number of likely N-dealkylation sites (tertiary alicyclic amines) is 1. The number of nitriles is 1. The van der Waals surface area contributed by atoms with Crippen LogP contribution in [0, 0.1) is 29.0 Å². The number of benzene rings is 1. The lowest BCUT2D eigenvalue weighted by Gasteiger charge is -2.34. The third kappa shape index (κ3) is 4.00. The molecule has 0 radical (unpaired) electrons. The Labute approximate surface area is 148 Å². The number of hydrogen-bond donors (Lipinski definition) is 2. The zero-order valence-corrected chi connectivity index (χ0v) is 14.8. The molecule has 1 aromatic carbocycles. The molecular formula is C19H25FN4O. The number of amides is 1. The summed E-state index contributed by atoms with van der Waals surface area (Å²) in [6.45, 7) is 5.79. The lowest BCUT2D eigenvalue weighted by atomic mass is 9.85. The van der Waals surface area contributed by atoms with Crippen molar-refractivity contribution in [3.05, 3.63) is 35.1 Å². The van der Waals surface area contributed by atoms with Crippen molar-refractivity contribution in [1.29, 1.82) is 5.26 Å². The molecule has 2 unspecified atom stereocenters. The minimum absolute atomic E-state index is 0.180. The molecule has 5 nitrogen and oxygen atoms in total. The van der Waals surface area contributed by atoms with Gasteiger partial charge in [0.25, 0.3) is 5.91 Å². The van der Waals surface area contributed by atoms with Gasteiger partial charge in [-0.05, 0) is 49.3 Å². The van der Waals surface area contributed by atoms with Crippen LogP contribution >= 0.6 is 0 Å². The Morgan fingerprint density at radius 2 is 2.00 bits per heavy atom. The van der Waals surface area contributed by atoms with Gasteiger partial charge < -0.3 is 4.90 Å². The molecule has 0 aromatic heterocycles. The summed E-state index contributed by atoms with van der Waals surface area (Å²) in [6.07, 6.45) is 3.00. The van der Waals surface area contributed by atoms with Crippen LogP contribution in [0.25, 0.3) is 0 Å². The second-order valence-corrected chi connectivity index (χ2v) is 7.45. The standard InChI is InChI=1S/C19H25FN4O/c1-12(2)17-10-18(23-22-17)14-3-5-24(6-4-14)19(25)15-7-13(11-21)8-16(20)9-15/h7-9,12,14,17-18,22-23H,3-6,10H2,1-2H3. The molecule has 2 aliphatic rings. The van der Waals surface area contributed by atoms with Crippen LogP contribution in [-0.4, -0.2) is 36.0 Å². The first-order valence-corrected chi connectivity index (χ1v) is 8.99. The molecule has 0 aliphatic carbocycles. The van der Waals surface area contributed by atoms with E-state index < -0.39 is 5.82 Å². The molecule has 2 heterocycles. The van der Waals surface area contributed by atoms with Crippen molar-refractivity contribution in [2.45, 2.75) is 45.2 Å². The molecule has 2 N–H and O–H groups in total. The average molecular weight is 344 g/mol. The van der Waals surface area contributed by atoms with Crippen molar-refractivity contribution < 1.29 is 9.18 Å². The van der Waals surface area contributed by atoms with Crippen LogP contribution in [0.1, 0.15) is 49.0 Å². The summed E-state index contributed by atoms with van der Waals surface area (Å²) in [4.78, 5) is 14.4. The summed E-state index contributed by atoms with van der Waals surface area (Å²) >= 11 is 0. The summed E-state index contributed by atoms with van der Waals surface area (Å²) in [6, 6.07) is 6.67. The third-order valence-electron chi connectivity index (χ3n) is 5.44. The molecular weight excluding hydrogens is 319 g/mol. The number of carbonyl (C=O) groups is 1. The first-order chi connectivity index (χ1) is 12.0. The first kappa shape index (κ1) is 17.8. The van der Waals surface area contributed by atoms with E-state index in [0.29, 0.717) is 37.0 Å². The van der Waals surface area contributed by atoms with Gasteiger partial charge >= 0.3 is 0 Å². The maximum Gasteiger partial charge on any atom is 0.254 e. The third-order valence-corrected chi connectivity index (χ3v) is 5.44. The highest BCUT2D eigenvalue weighted by atomic mass is 19.1. The highest BCUT2D eigenvalue weighted by molar-refractivity contribution is 5.94. The van der Waals surface area contributed by atoms with Crippen LogP contribution in [0.15, 0.2) is 18.2 Å². The van der Waals surface area contributed by atoms with Gasteiger partial charge in [0.2, 0.25) is 0 Å². The molecule has 2 fully saturated rings. The fraction of sp³-hybridized carbons (Fsp3) is 0.579. The zero-order chi connectivity index (χ0) is 18.0. The fourth-order valence-corrected chi connectivity index (χ4v) is 3.82. The monoisotopic (exact) mass is 344 g/mol. The van der Waals surface area contributed by atoms with Crippen LogP contribution in [0.5, 0.6) is 0 Å². The van der Waals surface area contributed by atoms with Crippen molar-refractivity contribution in [2.24, 2.45) is 11.8 Å². The van der Waals surface area contributed by atoms with Crippen molar-refractivity contribution in [1.82, 2.24) is 15.8 Å². The molecule has 0 bridgehead atoms. The van der Waals surface area contributed by atoms with Crippen molar-refractivity contribution in [2.75, 3.05) is 13.1 Å². The smallest absolute Gasteiger partial charge is 0.254 e. The molecule has 2 saturated heterocycles. The number of nitrogens with zero attached hydrogens (tertiary/aromatic N) is 2. The number of carbonyl (C=O) groups excluding carboxylic acids is 1. The highest BCUT2D eigenvalue weighted by Crippen LogP contribution is 2.27. The molecule has 6 heteroatoms. The van der Waals surface area contributed by atoms with Gasteiger partial charge in [0.15, 0.2) is 0 Å². The second-order valence-electron chi connectivity index (χ2n) is 7.45. The summed E-state index contributed by atoms with van der Waals surface area (Å²) in [5, 5.41) is 8.94. The average Bonchev–Trinajstić information content (AvgIpc) is 3.11. The molecule has 0 spiro atoms. The maximum atomic E-state index is 13.6. The normalized spacial score (nSPS) is 24.5. The Morgan fingerprint density at radius 3 is 2.60 bits per heavy atom. The predicted octanol–water partition coefficient (Wildman–Crippen LogP) is 2.44. The molecule has 1 aromatic rings. The summed E-state index contributed by atoms with van der Waals surface area (Å²) in [7, 11) is 0. The van der Waals surface area contributed by atoms with Crippen LogP contribution in [0.4, 0.5) is 4.39 Å². The van der Waals surface area contributed by atoms with Crippen LogP contribution < -0.4 is 10.9 Å². The number of nitrogens with one attached hydrogen (secondary N) is 2. The van der Waals surface area contributed by atoms with Gasteiger partial charge in [-0.15, -0.1) is 0 Å². The van der Waals surface area contributed by atoms with Gasteiger partial charge in [-0.3, -0.25) is 15.6 Å². The molecule has 1 amide bonds. The lowest BCUT2D eigenvalue weighted by molar-refractivity contribution is 0.0672. The quantitative estimate of drug-likeness (QED) is 0.884. The summed E-state index contributed by atoms with van der Waals surface area (Å²) < 4.78 is 13.6. The second kappa shape index (κ2) is 7.51. The topological polar surface area (TPSA) is 68.2 Å². The number of hydrogen-bond acceptors (Lipinski definition) is 4. The summed E-state index contributed by atoms with van der Waals surface area (Å²) in [5.41, 5.74) is 7.24. The van der Waals surface area contributed by atoms with E-state index in [1.54, 1.807) is 4.90 Å². The molecule has 25 heavy (non-hydrogen) atoms. The predicted molar refractivity (Wildman–Crippen MR) is 93.0 cm³/mol. The molecule has 2 aliphatic heterocycles. The van der Waals surface area contributed by atoms with Crippen LogP contribution in [0.2, 0.25) is 0 Å². The van der Waals surface area contributed by atoms with Gasteiger partial charge in [0.05, 0.1) is 11.6 Å². The van der Waals surface area contributed by atoms with E-state index in [1.807, 2.05) is 6.07 Å². The Hall–Kier alpha value is -1.97. The molecule has 3 rings (SSSR count). The summed E-state index contributed by atoms with van der Waals surface area (Å²) in [5.74, 6) is 0.411. The largest absolute Gasteiger partial charge is 0.339 e. The van der Waals surface area contributed by atoms with Gasteiger partial charge in [-0.25, -0.2) is 4.39 Å². The van der Waals surface area contributed by atoms with Gasteiger partial charge in [0.1, 0.15) is 5.82 Å². The van der Waals surface area contributed by atoms with Crippen molar-refractivity contribution in [3.8, 4) is 6.07 Å². The van der Waals surface area contributed by atoms with E-state index in [-0.39, 0.29) is 17.0 Å². The molecule has 0 saturated carbocycles. The Kier molecular flexibility index (Phi) is 5.36. The van der Waals surface area contributed by atoms with E-state index in [2.05, 4.69) is 24.7 Å². The van der Waals surface area contributed by atoms with E-state index in [9.17, 15) is 9.18 Å². The highest BCUT2D eigenvalue weighted by Gasteiger charge is 2.34. The first-order valence-electron chi connectivity index (χ1n) is 8.99. The van der Waals surface area contributed by atoms with Crippen molar-refractivity contribution >= 4 is 5.91 Å². The number of halogens is 1. The van der Waals surface area contributed by atoms with Gasteiger partial charge in [-0.2, -0.15) is 5.26 Å². The van der Waals surface area contributed by atoms with Crippen molar-refractivity contribution in [3.63, 3.8) is 0 Å². The van der Waals surface area contributed by atoms with Crippen LogP contribution in [0.3, 0.4) is 0 Å². The fourth-order valence-electron chi connectivity index (χ4n) is 3.82. The lowest BCUT2D eigenvalue weighted by Crippen LogP contribution is -2.44. The van der Waals surface area contributed by atoms with E-state index in [0.717, 1.165) is 25.3 Å². The number of rotatable bonds is 3. The number of piperidine rings is 1. The SMILES string of the molecule is CC(C)C1CC(C2CCN(C(=O)c3cc(F)cc(C#N)c3)CC2)NN1. The van der Waals surface area contributed by atoms with Gasteiger partial charge in [0, 0.05) is 30.7 Å². The Morgan fingerprint density at radius 1 is 1.28 bits per heavy atom. The number of hydrazine groups is 1. The Bertz CT molecular complexity index is 676.